The molecule has 0 aliphatic heterocycles. The van der Waals surface area contributed by atoms with Crippen LogP contribution in [0.1, 0.15) is 57.2 Å². The van der Waals surface area contributed by atoms with Crippen LogP contribution in [-0.2, 0) is 6.54 Å². The molecule has 0 spiro atoms. The highest BCUT2D eigenvalue weighted by Crippen LogP contribution is 2.06. The molecule has 1 aromatic rings. The van der Waals surface area contributed by atoms with Gasteiger partial charge in [-0.1, -0.05) is 38.7 Å². The Hall–Kier alpha value is -0.890. The van der Waals surface area contributed by atoms with Crippen LogP contribution in [0.3, 0.4) is 0 Å². The monoisotopic (exact) mass is 234 g/mol. The fraction of sp³-hybridized carbons (Fsp3) is 0.667. The number of aryl methyl sites for hydroxylation is 1. The van der Waals surface area contributed by atoms with Crippen molar-refractivity contribution in [2.24, 2.45) is 0 Å². The zero-order chi connectivity index (χ0) is 12.5. The zero-order valence-electron chi connectivity index (χ0n) is 11.5. The fourth-order valence-corrected chi connectivity index (χ4v) is 1.86. The molecule has 0 aliphatic carbocycles. The van der Waals surface area contributed by atoms with E-state index in [0.717, 1.165) is 12.2 Å². The van der Waals surface area contributed by atoms with Crippen molar-refractivity contribution >= 4 is 0 Å². The van der Waals surface area contributed by atoms with Crippen LogP contribution in [0.25, 0.3) is 0 Å². The van der Waals surface area contributed by atoms with Gasteiger partial charge < -0.3 is 5.32 Å². The van der Waals surface area contributed by atoms with Crippen molar-refractivity contribution in [3.05, 3.63) is 29.6 Å². The summed E-state index contributed by atoms with van der Waals surface area (Å²) in [6, 6.07) is 4.82. The lowest BCUT2D eigenvalue weighted by Gasteiger charge is -2.13. The van der Waals surface area contributed by atoms with Crippen LogP contribution >= 0.6 is 0 Å². The predicted octanol–water partition coefficient (Wildman–Crippen LogP) is 3.84. The van der Waals surface area contributed by atoms with E-state index >= 15 is 0 Å². The maximum atomic E-state index is 4.40. The number of hydrogen-bond acceptors (Lipinski definition) is 2. The van der Waals surface area contributed by atoms with E-state index in [0.29, 0.717) is 6.04 Å². The SMILES string of the molecule is CCCCCCC(C)NCc1ccc(C)cn1. The van der Waals surface area contributed by atoms with Crippen LogP contribution in [-0.4, -0.2) is 11.0 Å². The first kappa shape index (κ1) is 14.2. The van der Waals surface area contributed by atoms with Crippen molar-refractivity contribution in [1.29, 1.82) is 0 Å². The van der Waals surface area contributed by atoms with Crippen molar-refractivity contribution in [2.45, 2.75) is 65.5 Å². The highest BCUT2D eigenvalue weighted by atomic mass is 14.9. The van der Waals surface area contributed by atoms with Gasteiger partial charge in [-0.3, -0.25) is 4.98 Å². The maximum Gasteiger partial charge on any atom is 0.0541 e. The fourth-order valence-electron chi connectivity index (χ4n) is 1.86. The number of hydrogen-bond donors (Lipinski definition) is 1. The van der Waals surface area contributed by atoms with Gasteiger partial charge in [0.15, 0.2) is 0 Å². The minimum atomic E-state index is 0.593. The second kappa shape index (κ2) is 8.24. The van der Waals surface area contributed by atoms with E-state index in [1.807, 2.05) is 6.20 Å². The average Bonchev–Trinajstić information content (AvgIpc) is 2.34. The third-order valence-corrected chi connectivity index (χ3v) is 3.09. The standard InChI is InChI=1S/C15H26N2/c1-4-5-6-7-8-14(3)16-12-15-10-9-13(2)11-17-15/h9-11,14,16H,4-8,12H2,1-3H3. The Morgan fingerprint density at radius 3 is 2.71 bits per heavy atom. The molecule has 96 valence electrons. The number of nitrogens with zero attached hydrogens (tertiary/aromatic N) is 1. The number of unbranched alkanes of at least 4 members (excludes halogenated alkanes) is 3. The molecule has 2 heteroatoms. The lowest BCUT2D eigenvalue weighted by molar-refractivity contribution is 0.480. The summed E-state index contributed by atoms with van der Waals surface area (Å²) in [5, 5.41) is 3.53. The molecule has 0 saturated carbocycles. The molecule has 1 aromatic heterocycles. The summed E-state index contributed by atoms with van der Waals surface area (Å²) in [6.07, 6.45) is 8.59. The Labute approximate surface area is 106 Å². The molecule has 1 atom stereocenters. The number of nitrogens with one attached hydrogen (secondary N) is 1. The van der Waals surface area contributed by atoms with E-state index in [-0.39, 0.29) is 0 Å². The smallest absolute Gasteiger partial charge is 0.0541 e. The van der Waals surface area contributed by atoms with Crippen molar-refractivity contribution in [3.63, 3.8) is 0 Å². The van der Waals surface area contributed by atoms with Crippen LogP contribution < -0.4 is 5.32 Å². The number of pyridine rings is 1. The van der Waals surface area contributed by atoms with Gasteiger partial charge in [0.05, 0.1) is 5.69 Å². The van der Waals surface area contributed by atoms with E-state index in [9.17, 15) is 0 Å². The van der Waals surface area contributed by atoms with Crippen molar-refractivity contribution in [2.75, 3.05) is 0 Å². The van der Waals surface area contributed by atoms with Gasteiger partial charge >= 0.3 is 0 Å². The van der Waals surface area contributed by atoms with E-state index in [1.165, 1.54) is 37.7 Å². The van der Waals surface area contributed by atoms with Gasteiger partial charge in [0.1, 0.15) is 0 Å². The summed E-state index contributed by atoms with van der Waals surface area (Å²) in [6.45, 7) is 7.47. The minimum Gasteiger partial charge on any atom is -0.309 e. The summed E-state index contributed by atoms with van der Waals surface area (Å²) >= 11 is 0. The number of rotatable bonds is 8. The first-order valence-electron chi connectivity index (χ1n) is 6.87. The molecule has 0 aromatic carbocycles. The molecular formula is C15H26N2. The molecule has 0 saturated heterocycles. The van der Waals surface area contributed by atoms with E-state index < -0.39 is 0 Å². The summed E-state index contributed by atoms with van der Waals surface area (Å²) in [7, 11) is 0. The van der Waals surface area contributed by atoms with E-state index in [4.69, 9.17) is 0 Å². The predicted molar refractivity (Wildman–Crippen MR) is 74.0 cm³/mol. The second-order valence-corrected chi connectivity index (χ2v) is 4.96. The van der Waals surface area contributed by atoms with Gasteiger partial charge in [0, 0.05) is 18.8 Å². The lowest BCUT2D eigenvalue weighted by atomic mass is 10.1. The third kappa shape index (κ3) is 6.42. The molecule has 1 unspecified atom stereocenters. The zero-order valence-corrected chi connectivity index (χ0v) is 11.5. The molecule has 0 radical (unpaired) electrons. The first-order valence-corrected chi connectivity index (χ1v) is 6.87. The van der Waals surface area contributed by atoms with Gasteiger partial charge in [-0.2, -0.15) is 0 Å². The normalized spacial score (nSPS) is 12.6. The molecule has 1 rings (SSSR count). The minimum absolute atomic E-state index is 0.593. The summed E-state index contributed by atoms with van der Waals surface area (Å²) in [5.74, 6) is 0. The molecule has 0 amide bonds. The van der Waals surface area contributed by atoms with Crippen LogP contribution in [0.5, 0.6) is 0 Å². The Morgan fingerprint density at radius 1 is 1.24 bits per heavy atom. The van der Waals surface area contributed by atoms with Crippen molar-refractivity contribution in [1.82, 2.24) is 10.3 Å². The van der Waals surface area contributed by atoms with E-state index in [2.05, 4.69) is 43.2 Å². The summed E-state index contributed by atoms with van der Waals surface area (Å²) < 4.78 is 0. The van der Waals surface area contributed by atoms with Gasteiger partial charge in [0.25, 0.3) is 0 Å². The van der Waals surface area contributed by atoms with Gasteiger partial charge in [-0.25, -0.2) is 0 Å². The van der Waals surface area contributed by atoms with Crippen LogP contribution in [0.2, 0.25) is 0 Å². The molecule has 1 N–H and O–H groups in total. The lowest BCUT2D eigenvalue weighted by Crippen LogP contribution is -2.25. The van der Waals surface area contributed by atoms with Gasteiger partial charge in [-0.15, -0.1) is 0 Å². The Kier molecular flexibility index (Phi) is 6.87. The molecule has 1 heterocycles. The molecule has 0 bridgehead atoms. The highest BCUT2D eigenvalue weighted by Gasteiger charge is 2.01. The summed E-state index contributed by atoms with van der Waals surface area (Å²) in [5.41, 5.74) is 2.36. The topological polar surface area (TPSA) is 24.9 Å². The molecule has 17 heavy (non-hydrogen) atoms. The Bertz CT molecular complexity index is 292. The second-order valence-electron chi connectivity index (χ2n) is 4.96. The van der Waals surface area contributed by atoms with Crippen LogP contribution in [0, 0.1) is 6.92 Å². The first-order chi connectivity index (χ1) is 8.22. The molecule has 0 fully saturated rings. The summed E-state index contributed by atoms with van der Waals surface area (Å²) in [4.78, 5) is 4.40. The quantitative estimate of drug-likeness (QED) is 0.691. The maximum absolute atomic E-state index is 4.40. The molecular weight excluding hydrogens is 208 g/mol. The van der Waals surface area contributed by atoms with Crippen molar-refractivity contribution in [3.8, 4) is 0 Å². The highest BCUT2D eigenvalue weighted by molar-refractivity contribution is 5.11. The van der Waals surface area contributed by atoms with Gasteiger partial charge in [-0.05, 0) is 31.9 Å². The molecule has 2 nitrogen and oxygen atoms in total. The Morgan fingerprint density at radius 2 is 2.06 bits per heavy atom. The van der Waals surface area contributed by atoms with E-state index in [1.54, 1.807) is 0 Å². The largest absolute Gasteiger partial charge is 0.309 e. The number of aromatic nitrogens is 1. The molecule has 0 aliphatic rings. The third-order valence-electron chi connectivity index (χ3n) is 3.09. The van der Waals surface area contributed by atoms with Crippen LogP contribution in [0.4, 0.5) is 0 Å². The van der Waals surface area contributed by atoms with Gasteiger partial charge in [0.2, 0.25) is 0 Å². The van der Waals surface area contributed by atoms with Crippen molar-refractivity contribution < 1.29 is 0 Å². The Balaban J connectivity index is 2.14. The average molecular weight is 234 g/mol. The van der Waals surface area contributed by atoms with Crippen LogP contribution in [0.15, 0.2) is 18.3 Å².